The van der Waals surface area contributed by atoms with Gasteiger partial charge in [-0.25, -0.2) is 4.79 Å². The summed E-state index contributed by atoms with van der Waals surface area (Å²) >= 11 is 1.54. The molecule has 1 atom stereocenters. The molecular formula is C15H19N3O4S. The number of carboxylic acid groups (broad SMARTS) is 1. The molecule has 0 aliphatic heterocycles. The quantitative estimate of drug-likeness (QED) is 0.728. The molecule has 2 aromatic rings. The summed E-state index contributed by atoms with van der Waals surface area (Å²) in [4.78, 5) is 27.2. The molecule has 0 saturated heterocycles. The Morgan fingerprint density at radius 1 is 1.48 bits per heavy atom. The molecule has 2 aromatic heterocycles. The zero-order valence-corrected chi connectivity index (χ0v) is 13.6. The van der Waals surface area contributed by atoms with Crippen molar-refractivity contribution in [2.45, 2.75) is 45.1 Å². The first-order chi connectivity index (χ1) is 11.1. The van der Waals surface area contributed by atoms with Crippen LogP contribution in [0, 0.1) is 0 Å². The number of carboxylic acids is 1. The minimum atomic E-state index is -1.01. The van der Waals surface area contributed by atoms with Crippen molar-refractivity contribution < 1.29 is 19.2 Å². The van der Waals surface area contributed by atoms with Crippen molar-refractivity contribution in [3.8, 4) is 11.4 Å². The Balaban J connectivity index is 1.83. The van der Waals surface area contributed by atoms with Gasteiger partial charge < -0.3 is 14.9 Å². The van der Waals surface area contributed by atoms with Gasteiger partial charge in [0.05, 0.1) is 0 Å². The highest BCUT2D eigenvalue weighted by atomic mass is 32.1. The van der Waals surface area contributed by atoms with Crippen LogP contribution >= 0.6 is 11.3 Å². The van der Waals surface area contributed by atoms with Crippen LogP contribution in [0.2, 0.25) is 0 Å². The number of hydrogen-bond acceptors (Lipinski definition) is 6. The maximum Gasteiger partial charge on any atom is 0.326 e. The lowest BCUT2D eigenvalue weighted by Crippen LogP contribution is -2.40. The van der Waals surface area contributed by atoms with E-state index in [1.165, 1.54) is 11.3 Å². The van der Waals surface area contributed by atoms with E-state index in [0.29, 0.717) is 18.1 Å². The van der Waals surface area contributed by atoms with Crippen LogP contribution in [0.4, 0.5) is 0 Å². The summed E-state index contributed by atoms with van der Waals surface area (Å²) in [5, 5.41) is 19.3. The topological polar surface area (TPSA) is 105 Å². The van der Waals surface area contributed by atoms with Crippen molar-refractivity contribution >= 4 is 23.2 Å². The highest BCUT2D eigenvalue weighted by Crippen LogP contribution is 2.18. The van der Waals surface area contributed by atoms with Crippen molar-refractivity contribution in [3.63, 3.8) is 0 Å². The molecule has 7 nitrogen and oxygen atoms in total. The normalized spacial score (nSPS) is 12.0. The number of hydrogen-bond donors (Lipinski definition) is 2. The van der Waals surface area contributed by atoms with Gasteiger partial charge in [-0.05, 0) is 17.9 Å². The molecular weight excluding hydrogens is 318 g/mol. The number of thiophene rings is 1. The second kappa shape index (κ2) is 8.42. The van der Waals surface area contributed by atoms with Gasteiger partial charge in [0.1, 0.15) is 6.04 Å². The van der Waals surface area contributed by atoms with Gasteiger partial charge in [-0.2, -0.15) is 16.3 Å². The molecule has 0 aromatic carbocycles. The fraction of sp³-hybridized carbons (Fsp3) is 0.467. The van der Waals surface area contributed by atoms with E-state index in [-0.39, 0.29) is 18.7 Å². The predicted molar refractivity (Wildman–Crippen MR) is 85.0 cm³/mol. The van der Waals surface area contributed by atoms with Gasteiger partial charge in [0.15, 0.2) is 0 Å². The number of rotatable bonds is 9. The van der Waals surface area contributed by atoms with Crippen molar-refractivity contribution in [3.05, 3.63) is 22.7 Å². The SMILES string of the molecule is CCCCC(NC(=O)CCc1nc(-c2ccsc2)no1)C(=O)O. The number of amides is 1. The predicted octanol–water partition coefficient (Wildman–Crippen LogP) is 2.49. The van der Waals surface area contributed by atoms with Crippen LogP contribution in [0.3, 0.4) is 0 Å². The molecule has 124 valence electrons. The number of unbranched alkanes of at least 4 members (excludes halogenated alkanes) is 1. The second-order valence-electron chi connectivity index (χ2n) is 5.12. The zero-order valence-electron chi connectivity index (χ0n) is 12.8. The molecule has 0 spiro atoms. The number of carbonyl (C=O) groups is 2. The standard InChI is InChI=1S/C15H19N3O4S/c1-2-3-4-11(15(20)21)16-12(19)5-6-13-17-14(18-22-13)10-7-8-23-9-10/h7-9,11H,2-6H2,1H3,(H,16,19)(H,20,21). The van der Waals surface area contributed by atoms with E-state index in [4.69, 9.17) is 9.63 Å². The molecule has 2 heterocycles. The molecule has 1 amide bonds. The monoisotopic (exact) mass is 337 g/mol. The first-order valence-corrected chi connectivity index (χ1v) is 8.41. The molecule has 0 fully saturated rings. The molecule has 0 saturated carbocycles. The smallest absolute Gasteiger partial charge is 0.326 e. The molecule has 23 heavy (non-hydrogen) atoms. The van der Waals surface area contributed by atoms with Gasteiger partial charge in [0, 0.05) is 23.8 Å². The summed E-state index contributed by atoms with van der Waals surface area (Å²) < 4.78 is 5.10. The highest BCUT2D eigenvalue weighted by molar-refractivity contribution is 7.08. The number of aliphatic carboxylic acids is 1. The Morgan fingerprint density at radius 3 is 2.96 bits per heavy atom. The maximum atomic E-state index is 11.9. The third kappa shape index (κ3) is 5.17. The molecule has 0 radical (unpaired) electrons. The first-order valence-electron chi connectivity index (χ1n) is 7.47. The molecule has 2 rings (SSSR count). The average Bonchev–Trinajstić information content (AvgIpc) is 3.19. The van der Waals surface area contributed by atoms with Gasteiger partial charge in [0.25, 0.3) is 0 Å². The first kappa shape index (κ1) is 17.1. The largest absolute Gasteiger partial charge is 0.480 e. The number of aromatic nitrogens is 2. The van der Waals surface area contributed by atoms with Crippen LogP contribution in [0.1, 0.15) is 38.5 Å². The third-order valence-electron chi connectivity index (χ3n) is 3.29. The van der Waals surface area contributed by atoms with Crippen LogP contribution in [0.5, 0.6) is 0 Å². The zero-order chi connectivity index (χ0) is 16.7. The van der Waals surface area contributed by atoms with Gasteiger partial charge in [0.2, 0.25) is 17.6 Å². The summed E-state index contributed by atoms with van der Waals surface area (Å²) in [7, 11) is 0. The Labute approximate surface area is 137 Å². The minimum absolute atomic E-state index is 0.112. The van der Waals surface area contributed by atoms with Crippen molar-refractivity contribution in [1.82, 2.24) is 15.5 Å². The summed E-state index contributed by atoms with van der Waals surface area (Å²) in [5.41, 5.74) is 0.875. The van der Waals surface area contributed by atoms with E-state index in [0.717, 1.165) is 18.4 Å². The Kier molecular flexibility index (Phi) is 6.28. The Bertz CT molecular complexity index is 639. The van der Waals surface area contributed by atoms with E-state index in [2.05, 4.69) is 15.5 Å². The average molecular weight is 337 g/mol. The summed E-state index contributed by atoms with van der Waals surface area (Å²) in [5.74, 6) is -0.483. The third-order valence-corrected chi connectivity index (χ3v) is 3.98. The molecule has 1 unspecified atom stereocenters. The molecule has 8 heteroatoms. The number of carbonyl (C=O) groups excluding carboxylic acids is 1. The van der Waals surface area contributed by atoms with Crippen LogP contribution in [0.25, 0.3) is 11.4 Å². The number of nitrogens with one attached hydrogen (secondary N) is 1. The Morgan fingerprint density at radius 2 is 2.30 bits per heavy atom. The highest BCUT2D eigenvalue weighted by Gasteiger charge is 2.19. The number of nitrogens with zero attached hydrogens (tertiary/aromatic N) is 2. The molecule has 2 N–H and O–H groups in total. The van der Waals surface area contributed by atoms with Gasteiger partial charge in [-0.15, -0.1) is 0 Å². The lowest BCUT2D eigenvalue weighted by atomic mass is 10.1. The fourth-order valence-electron chi connectivity index (χ4n) is 2.02. The minimum Gasteiger partial charge on any atom is -0.480 e. The van der Waals surface area contributed by atoms with Crippen molar-refractivity contribution in [2.24, 2.45) is 0 Å². The van der Waals surface area contributed by atoms with E-state index in [1.807, 2.05) is 23.8 Å². The van der Waals surface area contributed by atoms with E-state index in [9.17, 15) is 9.59 Å². The second-order valence-corrected chi connectivity index (χ2v) is 5.90. The summed E-state index contributed by atoms with van der Waals surface area (Å²) in [6, 6.07) is 1.04. The van der Waals surface area contributed by atoms with Crippen LogP contribution in [0.15, 0.2) is 21.3 Å². The fourth-order valence-corrected chi connectivity index (χ4v) is 2.65. The van der Waals surface area contributed by atoms with E-state index < -0.39 is 12.0 Å². The van der Waals surface area contributed by atoms with Gasteiger partial charge in [-0.3, -0.25) is 4.79 Å². The van der Waals surface area contributed by atoms with E-state index >= 15 is 0 Å². The van der Waals surface area contributed by atoms with Gasteiger partial charge in [-0.1, -0.05) is 24.9 Å². The Hall–Kier alpha value is -2.22. The molecule has 0 bridgehead atoms. The lowest BCUT2D eigenvalue weighted by Gasteiger charge is -2.13. The lowest BCUT2D eigenvalue weighted by molar-refractivity contribution is -0.142. The van der Waals surface area contributed by atoms with Crippen molar-refractivity contribution in [1.29, 1.82) is 0 Å². The van der Waals surface area contributed by atoms with Crippen LogP contribution in [-0.2, 0) is 16.0 Å². The summed E-state index contributed by atoms with van der Waals surface area (Å²) in [6.45, 7) is 1.97. The molecule has 0 aliphatic carbocycles. The van der Waals surface area contributed by atoms with E-state index in [1.54, 1.807) is 0 Å². The number of aryl methyl sites for hydroxylation is 1. The van der Waals surface area contributed by atoms with Crippen molar-refractivity contribution in [2.75, 3.05) is 0 Å². The maximum absolute atomic E-state index is 11.9. The summed E-state index contributed by atoms with van der Waals surface area (Å²) in [6.07, 6.45) is 2.46. The van der Waals surface area contributed by atoms with Gasteiger partial charge >= 0.3 is 5.97 Å². The van der Waals surface area contributed by atoms with Crippen LogP contribution in [-0.4, -0.2) is 33.2 Å². The van der Waals surface area contributed by atoms with Crippen LogP contribution < -0.4 is 5.32 Å². The molecule has 0 aliphatic rings.